The summed E-state index contributed by atoms with van der Waals surface area (Å²) in [6.45, 7) is 3.70. The molecule has 1 N–H and O–H groups in total. The molecular formula is C21H24BrF2N3O3S. The van der Waals surface area contributed by atoms with Crippen molar-refractivity contribution in [1.29, 1.82) is 0 Å². The summed E-state index contributed by atoms with van der Waals surface area (Å²) in [6, 6.07) is 3.98. The number of aryl methyl sites for hydroxylation is 1. The summed E-state index contributed by atoms with van der Waals surface area (Å²) in [5.41, 5.74) is 1.03. The van der Waals surface area contributed by atoms with Crippen molar-refractivity contribution in [2.45, 2.75) is 69.0 Å². The second-order valence-electron chi connectivity index (χ2n) is 8.58. The van der Waals surface area contributed by atoms with Gasteiger partial charge in [-0.3, -0.25) is 9.36 Å². The molecule has 31 heavy (non-hydrogen) atoms. The van der Waals surface area contributed by atoms with Crippen LogP contribution in [0.25, 0.3) is 0 Å². The lowest BCUT2D eigenvalue weighted by atomic mass is 9.79. The summed E-state index contributed by atoms with van der Waals surface area (Å²) in [5, 5.41) is -2.26. The van der Waals surface area contributed by atoms with Gasteiger partial charge in [-0.2, -0.15) is 0 Å². The number of halogens is 3. The number of rotatable bonds is 6. The Hall–Kier alpha value is -1.65. The molecule has 2 atom stereocenters. The van der Waals surface area contributed by atoms with Crippen LogP contribution in [0, 0.1) is 5.82 Å². The third kappa shape index (κ3) is 4.09. The predicted octanol–water partition coefficient (Wildman–Crippen LogP) is 3.75. The third-order valence-corrected chi connectivity index (χ3v) is 8.72. The molecule has 6 nitrogen and oxygen atoms in total. The fraction of sp³-hybridized carbons (Fsp3) is 0.524. The van der Waals surface area contributed by atoms with E-state index < -0.39 is 32.8 Å². The van der Waals surface area contributed by atoms with E-state index in [4.69, 9.17) is 0 Å². The maximum absolute atomic E-state index is 14.8. The van der Waals surface area contributed by atoms with E-state index in [1.165, 1.54) is 10.9 Å². The second kappa shape index (κ2) is 8.04. The summed E-state index contributed by atoms with van der Waals surface area (Å²) >= 11 is 3.17. The van der Waals surface area contributed by atoms with Gasteiger partial charge < -0.3 is 0 Å². The highest BCUT2D eigenvalue weighted by Gasteiger charge is 2.56. The van der Waals surface area contributed by atoms with E-state index in [0.717, 1.165) is 0 Å². The fourth-order valence-electron chi connectivity index (χ4n) is 4.15. The van der Waals surface area contributed by atoms with Crippen LogP contribution in [-0.4, -0.2) is 29.0 Å². The highest BCUT2D eigenvalue weighted by molar-refractivity contribution is 9.10. The van der Waals surface area contributed by atoms with Crippen molar-refractivity contribution >= 4 is 26.0 Å². The molecular weight excluding hydrogens is 492 g/mol. The zero-order valence-electron chi connectivity index (χ0n) is 17.2. The molecule has 168 valence electrons. The van der Waals surface area contributed by atoms with E-state index in [2.05, 4.69) is 25.6 Å². The maximum atomic E-state index is 14.8. The number of nitrogens with one attached hydrogen (secondary N) is 1. The fourth-order valence-corrected chi connectivity index (χ4v) is 6.09. The lowest BCUT2D eigenvalue weighted by molar-refractivity contribution is 0.371. The first-order chi connectivity index (χ1) is 14.5. The van der Waals surface area contributed by atoms with Crippen LogP contribution >= 0.6 is 15.9 Å². The van der Waals surface area contributed by atoms with Gasteiger partial charge in [0.15, 0.2) is 0 Å². The monoisotopic (exact) mass is 515 g/mol. The second-order valence-corrected chi connectivity index (χ2v) is 11.4. The Labute approximate surface area is 188 Å². The number of alkyl halides is 1. The van der Waals surface area contributed by atoms with Crippen molar-refractivity contribution in [2.75, 3.05) is 0 Å². The first-order valence-electron chi connectivity index (χ1n) is 10.3. The van der Waals surface area contributed by atoms with Gasteiger partial charge in [0.05, 0.1) is 16.5 Å². The van der Waals surface area contributed by atoms with Gasteiger partial charge in [-0.15, -0.1) is 0 Å². The van der Waals surface area contributed by atoms with Crippen LogP contribution in [0.3, 0.4) is 0 Å². The standard InChI is InChI=1S/C21H24BrF2N3O3S/c1-12(2)27-11-25-17-7-6-16(26-31(29,30)21(24)8-9-21)14(18(17)20(27)28)10-13-4-3-5-15(22)19(13)23/h3-5,11-12,14,16,26H,6-10H2,1-2H3/t14-,16-/m0/s1. The smallest absolute Gasteiger partial charge is 0.257 e. The molecule has 0 unspecified atom stereocenters. The summed E-state index contributed by atoms with van der Waals surface area (Å²) < 4.78 is 58.7. The molecule has 0 saturated heterocycles. The Morgan fingerprint density at radius 2 is 2.06 bits per heavy atom. The molecule has 1 heterocycles. The lowest BCUT2D eigenvalue weighted by Crippen LogP contribution is -2.48. The van der Waals surface area contributed by atoms with Crippen LogP contribution < -0.4 is 10.3 Å². The zero-order valence-corrected chi connectivity index (χ0v) is 19.6. The zero-order chi connectivity index (χ0) is 22.6. The Morgan fingerprint density at radius 1 is 1.35 bits per heavy atom. The van der Waals surface area contributed by atoms with Crippen molar-refractivity contribution in [1.82, 2.24) is 14.3 Å². The minimum Gasteiger partial charge on any atom is -0.296 e. The maximum Gasteiger partial charge on any atom is 0.257 e. The highest BCUT2D eigenvalue weighted by atomic mass is 79.9. The number of sulfonamides is 1. The van der Waals surface area contributed by atoms with Crippen molar-refractivity contribution in [3.63, 3.8) is 0 Å². The van der Waals surface area contributed by atoms with Gasteiger partial charge in [0, 0.05) is 36.4 Å². The van der Waals surface area contributed by atoms with Crippen LogP contribution in [0.1, 0.15) is 61.9 Å². The van der Waals surface area contributed by atoms with Gasteiger partial charge in [-0.25, -0.2) is 26.9 Å². The van der Waals surface area contributed by atoms with Gasteiger partial charge in [-0.05, 0) is 60.7 Å². The van der Waals surface area contributed by atoms with Crippen LogP contribution in [0.4, 0.5) is 8.78 Å². The van der Waals surface area contributed by atoms with Gasteiger partial charge in [0.1, 0.15) is 5.82 Å². The van der Waals surface area contributed by atoms with Crippen molar-refractivity contribution in [3.8, 4) is 0 Å². The van der Waals surface area contributed by atoms with Crippen LogP contribution in [-0.2, 0) is 22.9 Å². The average Bonchev–Trinajstić information content (AvgIpc) is 3.46. The van der Waals surface area contributed by atoms with Crippen molar-refractivity contribution in [2.24, 2.45) is 0 Å². The Balaban J connectivity index is 1.80. The summed E-state index contributed by atoms with van der Waals surface area (Å²) in [4.78, 5) is 17.7. The molecule has 1 fully saturated rings. The third-order valence-electron chi connectivity index (χ3n) is 6.12. The summed E-state index contributed by atoms with van der Waals surface area (Å²) in [6.07, 6.45) is 2.22. The minimum atomic E-state index is -4.22. The molecule has 2 aliphatic carbocycles. The van der Waals surface area contributed by atoms with E-state index in [-0.39, 0.29) is 35.3 Å². The first-order valence-corrected chi connectivity index (χ1v) is 12.6. The van der Waals surface area contributed by atoms with Gasteiger partial charge in [0.2, 0.25) is 15.0 Å². The molecule has 2 aliphatic rings. The molecule has 0 aliphatic heterocycles. The first kappa shape index (κ1) is 22.5. The molecule has 4 rings (SSSR count). The summed E-state index contributed by atoms with van der Waals surface area (Å²) in [7, 11) is -4.22. The minimum absolute atomic E-state index is 0.0434. The average molecular weight is 516 g/mol. The van der Waals surface area contributed by atoms with Crippen LogP contribution in [0.5, 0.6) is 0 Å². The molecule has 0 amide bonds. The molecule has 1 aromatic heterocycles. The molecule has 0 spiro atoms. The normalized spacial score (nSPS) is 22.4. The van der Waals surface area contributed by atoms with Gasteiger partial charge in [-0.1, -0.05) is 12.1 Å². The number of fused-ring (bicyclic) bond motifs is 1. The van der Waals surface area contributed by atoms with Gasteiger partial charge >= 0.3 is 0 Å². The number of nitrogens with zero attached hydrogens (tertiary/aromatic N) is 2. The highest BCUT2D eigenvalue weighted by Crippen LogP contribution is 2.45. The predicted molar refractivity (Wildman–Crippen MR) is 117 cm³/mol. The van der Waals surface area contributed by atoms with Gasteiger partial charge in [0.25, 0.3) is 5.56 Å². The molecule has 0 bridgehead atoms. The lowest BCUT2D eigenvalue weighted by Gasteiger charge is -2.34. The summed E-state index contributed by atoms with van der Waals surface area (Å²) in [5.74, 6) is -1.13. The van der Waals surface area contributed by atoms with E-state index >= 15 is 0 Å². The quantitative estimate of drug-likeness (QED) is 0.635. The van der Waals surface area contributed by atoms with Crippen LogP contribution in [0.2, 0.25) is 0 Å². The topological polar surface area (TPSA) is 81.1 Å². The van der Waals surface area contributed by atoms with Crippen molar-refractivity contribution < 1.29 is 17.2 Å². The van der Waals surface area contributed by atoms with E-state index in [0.29, 0.717) is 29.7 Å². The Bertz CT molecular complexity index is 1180. The van der Waals surface area contributed by atoms with E-state index in [9.17, 15) is 22.0 Å². The Kier molecular flexibility index (Phi) is 5.85. The number of benzene rings is 1. The van der Waals surface area contributed by atoms with Crippen molar-refractivity contribution in [3.05, 3.63) is 62.0 Å². The SMILES string of the molecule is CC(C)n1cnc2c(c1=O)[C@@H](Cc1cccc(Br)c1F)[C@@H](NS(=O)(=O)C1(F)CC1)CC2. The molecule has 10 heteroatoms. The molecule has 1 saturated carbocycles. The Morgan fingerprint density at radius 3 is 2.71 bits per heavy atom. The number of hydrogen-bond donors (Lipinski definition) is 1. The van der Waals surface area contributed by atoms with E-state index in [1.54, 1.807) is 18.2 Å². The van der Waals surface area contributed by atoms with Crippen LogP contribution in [0.15, 0.2) is 33.8 Å². The van der Waals surface area contributed by atoms with E-state index in [1.807, 2.05) is 13.8 Å². The molecule has 0 radical (unpaired) electrons. The number of aromatic nitrogens is 2. The molecule has 2 aromatic rings. The molecule has 1 aromatic carbocycles. The number of hydrogen-bond acceptors (Lipinski definition) is 4. The largest absolute Gasteiger partial charge is 0.296 e.